The monoisotopic (exact) mass is 329 g/mol. The second-order valence-corrected chi connectivity index (χ2v) is 4.77. The lowest BCUT2D eigenvalue weighted by atomic mass is 10.1. The summed E-state index contributed by atoms with van der Waals surface area (Å²) in [6.45, 7) is 0.307. The van der Waals surface area contributed by atoms with Gasteiger partial charge >= 0.3 is 6.03 Å². The first kappa shape index (κ1) is 17.1. The number of hydrogen-bond donors (Lipinski definition) is 2. The smallest absolute Gasteiger partial charge is 0.332 e. The van der Waals surface area contributed by atoms with Gasteiger partial charge in [-0.1, -0.05) is 6.07 Å². The molecule has 0 atom stereocenters. The Balaban J connectivity index is 2.12. The van der Waals surface area contributed by atoms with Crippen molar-refractivity contribution < 1.29 is 19.0 Å². The van der Waals surface area contributed by atoms with Crippen LogP contribution in [0.1, 0.15) is 11.1 Å². The largest absolute Gasteiger partial charge is 0.497 e. The van der Waals surface area contributed by atoms with Gasteiger partial charge < -0.3 is 19.9 Å². The molecule has 7 nitrogen and oxygen atoms in total. The molecule has 2 amide bonds. The molecule has 0 aliphatic carbocycles. The summed E-state index contributed by atoms with van der Waals surface area (Å²) >= 11 is 0. The van der Waals surface area contributed by atoms with Gasteiger partial charge in [0.25, 0.3) is 0 Å². The van der Waals surface area contributed by atoms with Crippen molar-refractivity contribution in [2.75, 3.05) is 14.2 Å². The van der Waals surface area contributed by atoms with Gasteiger partial charge in [0.15, 0.2) is 0 Å². The lowest BCUT2D eigenvalue weighted by Crippen LogP contribution is -2.24. The number of rotatable bonds is 7. The fraction of sp³-hybridized carbons (Fsp3) is 0.176. The summed E-state index contributed by atoms with van der Waals surface area (Å²) in [4.78, 5) is 10.6. The maximum absolute atomic E-state index is 10.6. The summed E-state index contributed by atoms with van der Waals surface area (Å²) in [5.41, 5.74) is 8.71. The fourth-order valence-electron chi connectivity index (χ4n) is 2.01. The maximum Gasteiger partial charge on any atom is 0.332 e. The minimum absolute atomic E-state index is 0.307. The van der Waals surface area contributed by atoms with Crippen molar-refractivity contribution in [3.8, 4) is 17.2 Å². The first-order chi connectivity index (χ1) is 11.6. The highest BCUT2D eigenvalue weighted by molar-refractivity contribution is 5.82. The lowest BCUT2D eigenvalue weighted by molar-refractivity contribution is 0.249. The Morgan fingerprint density at radius 1 is 1.17 bits per heavy atom. The van der Waals surface area contributed by atoms with E-state index in [1.807, 2.05) is 24.3 Å². The first-order valence-electron chi connectivity index (χ1n) is 7.14. The number of nitrogens with zero attached hydrogens (tertiary/aromatic N) is 1. The van der Waals surface area contributed by atoms with Gasteiger partial charge in [0.05, 0.1) is 20.4 Å². The third-order valence-electron chi connectivity index (χ3n) is 3.13. The third-order valence-corrected chi connectivity index (χ3v) is 3.13. The number of carbonyl (C=O) groups is 1. The molecule has 0 aliphatic rings. The number of nitrogens with one attached hydrogen (secondary N) is 1. The van der Waals surface area contributed by atoms with E-state index in [2.05, 4.69) is 10.5 Å². The SMILES string of the molecule is COc1cccc(OCc2cc(C=NNC(N)=O)ccc2OC)c1. The van der Waals surface area contributed by atoms with Crippen molar-refractivity contribution in [1.29, 1.82) is 0 Å². The Morgan fingerprint density at radius 2 is 1.96 bits per heavy atom. The van der Waals surface area contributed by atoms with Crippen molar-refractivity contribution in [1.82, 2.24) is 5.43 Å². The minimum Gasteiger partial charge on any atom is -0.497 e. The van der Waals surface area contributed by atoms with Crippen molar-refractivity contribution in [2.45, 2.75) is 6.61 Å². The number of benzene rings is 2. The highest BCUT2D eigenvalue weighted by Gasteiger charge is 2.06. The molecule has 3 N–H and O–H groups in total. The second-order valence-electron chi connectivity index (χ2n) is 4.77. The molecule has 2 aromatic rings. The van der Waals surface area contributed by atoms with Crippen LogP contribution in [-0.2, 0) is 6.61 Å². The number of primary amides is 1. The van der Waals surface area contributed by atoms with Gasteiger partial charge in [-0.05, 0) is 35.9 Å². The number of carbonyl (C=O) groups excluding carboxylic acids is 1. The molecule has 0 aliphatic heterocycles. The number of nitrogens with two attached hydrogens (primary N) is 1. The summed E-state index contributed by atoms with van der Waals surface area (Å²) in [6.07, 6.45) is 1.49. The predicted molar refractivity (Wildman–Crippen MR) is 90.6 cm³/mol. The van der Waals surface area contributed by atoms with Gasteiger partial charge in [-0.25, -0.2) is 10.2 Å². The molecule has 0 aromatic heterocycles. The van der Waals surface area contributed by atoms with Gasteiger partial charge in [-0.2, -0.15) is 5.10 Å². The van der Waals surface area contributed by atoms with E-state index >= 15 is 0 Å². The predicted octanol–water partition coefficient (Wildman–Crippen LogP) is 2.29. The van der Waals surface area contributed by atoms with Gasteiger partial charge in [0, 0.05) is 11.6 Å². The van der Waals surface area contributed by atoms with Crippen LogP contribution in [0.2, 0.25) is 0 Å². The van der Waals surface area contributed by atoms with Crippen LogP contribution in [-0.4, -0.2) is 26.5 Å². The molecule has 0 saturated heterocycles. The highest BCUT2D eigenvalue weighted by atomic mass is 16.5. The Bertz CT molecular complexity index is 732. The molecule has 0 spiro atoms. The molecule has 126 valence electrons. The van der Waals surface area contributed by atoms with Gasteiger partial charge in [0.2, 0.25) is 0 Å². The summed E-state index contributed by atoms with van der Waals surface area (Å²) in [5, 5.41) is 3.73. The summed E-state index contributed by atoms with van der Waals surface area (Å²) in [7, 11) is 3.19. The highest BCUT2D eigenvalue weighted by Crippen LogP contribution is 2.24. The number of urea groups is 1. The Kier molecular flexibility index (Phi) is 6.01. The van der Waals surface area contributed by atoms with Crippen LogP contribution >= 0.6 is 0 Å². The van der Waals surface area contributed by atoms with Crippen LogP contribution in [0, 0.1) is 0 Å². The van der Waals surface area contributed by atoms with Crippen molar-refractivity contribution in [2.24, 2.45) is 10.8 Å². The van der Waals surface area contributed by atoms with Crippen molar-refractivity contribution in [3.05, 3.63) is 53.6 Å². The van der Waals surface area contributed by atoms with Gasteiger partial charge in [-0.15, -0.1) is 0 Å². The van der Waals surface area contributed by atoms with E-state index in [-0.39, 0.29) is 0 Å². The second kappa shape index (κ2) is 8.42. The van der Waals surface area contributed by atoms with E-state index in [0.29, 0.717) is 18.1 Å². The number of hydrogen-bond acceptors (Lipinski definition) is 5. The van der Waals surface area contributed by atoms with E-state index < -0.39 is 6.03 Å². The normalized spacial score (nSPS) is 10.4. The minimum atomic E-state index is -0.721. The van der Waals surface area contributed by atoms with E-state index in [1.165, 1.54) is 6.21 Å². The number of hydrazone groups is 1. The van der Waals surface area contributed by atoms with Crippen molar-refractivity contribution in [3.63, 3.8) is 0 Å². The van der Waals surface area contributed by atoms with E-state index in [0.717, 1.165) is 16.9 Å². The molecule has 0 saturated carbocycles. The molecular weight excluding hydrogens is 310 g/mol. The van der Waals surface area contributed by atoms with Crippen LogP contribution < -0.4 is 25.4 Å². The number of methoxy groups -OCH3 is 2. The molecule has 0 fully saturated rings. The van der Waals surface area contributed by atoms with Crippen LogP contribution in [0.4, 0.5) is 4.79 Å². The average Bonchev–Trinajstić information content (AvgIpc) is 2.60. The van der Waals surface area contributed by atoms with Crippen LogP contribution in [0.15, 0.2) is 47.6 Å². The molecule has 2 aromatic carbocycles. The fourth-order valence-corrected chi connectivity index (χ4v) is 2.01. The van der Waals surface area contributed by atoms with E-state index in [9.17, 15) is 4.79 Å². The zero-order valence-electron chi connectivity index (χ0n) is 13.5. The first-order valence-corrected chi connectivity index (χ1v) is 7.14. The Hall–Kier alpha value is -3.22. The van der Waals surface area contributed by atoms with Crippen LogP contribution in [0.3, 0.4) is 0 Å². The summed E-state index contributed by atoms with van der Waals surface area (Å²) in [6, 6.07) is 12.1. The topological polar surface area (TPSA) is 95.2 Å². The molecule has 7 heteroatoms. The summed E-state index contributed by atoms with van der Waals surface area (Å²) in [5.74, 6) is 2.10. The quantitative estimate of drug-likeness (QED) is 0.602. The van der Waals surface area contributed by atoms with Crippen molar-refractivity contribution >= 4 is 12.2 Å². The summed E-state index contributed by atoms with van der Waals surface area (Å²) < 4.78 is 16.3. The Morgan fingerprint density at radius 3 is 2.67 bits per heavy atom. The zero-order valence-corrected chi connectivity index (χ0v) is 13.5. The third kappa shape index (κ3) is 4.91. The molecule has 0 bridgehead atoms. The molecular formula is C17H19N3O4. The van der Waals surface area contributed by atoms with Gasteiger partial charge in [-0.3, -0.25) is 0 Å². The van der Waals surface area contributed by atoms with Crippen LogP contribution in [0.25, 0.3) is 0 Å². The lowest BCUT2D eigenvalue weighted by Gasteiger charge is -2.11. The molecule has 0 unspecified atom stereocenters. The maximum atomic E-state index is 10.6. The molecule has 0 heterocycles. The number of amides is 2. The standard InChI is InChI=1S/C17H19N3O4/c1-22-14-4-3-5-15(9-14)24-11-13-8-12(6-7-16(13)23-2)10-19-20-17(18)21/h3-10H,11H2,1-2H3,(H3,18,20,21). The molecule has 0 radical (unpaired) electrons. The number of ether oxygens (including phenoxy) is 3. The average molecular weight is 329 g/mol. The van der Waals surface area contributed by atoms with Gasteiger partial charge in [0.1, 0.15) is 23.9 Å². The molecule has 24 heavy (non-hydrogen) atoms. The van der Waals surface area contributed by atoms with E-state index in [1.54, 1.807) is 32.4 Å². The Labute approximate surface area is 140 Å². The van der Waals surface area contributed by atoms with Crippen LogP contribution in [0.5, 0.6) is 17.2 Å². The zero-order chi connectivity index (χ0) is 17.4. The molecule has 2 rings (SSSR count). The van der Waals surface area contributed by atoms with E-state index in [4.69, 9.17) is 19.9 Å².